The first-order valence-corrected chi connectivity index (χ1v) is 15.0. The summed E-state index contributed by atoms with van der Waals surface area (Å²) in [5.74, 6) is 1.95. The van der Waals surface area contributed by atoms with Crippen LogP contribution in [0.1, 0.15) is 105 Å². The predicted octanol–water partition coefficient (Wildman–Crippen LogP) is 5.13. The van der Waals surface area contributed by atoms with Crippen LogP contribution >= 0.6 is 0 Å². The van der Waals surface area contributed by atoms with Gasteiger partial charge < -0.3 is 25.5 Å². The number of aliphatic carboxylic acids is 1. The summed E-state index contributed by atoms with van der Waals surface area (Å²) in [5, 5.41) is 50.0. The highest BCUT2D eigenvalue weighted by Crippen LogP contribution is 2.68. The van der Waals surface area contributed by atoms with Gasteiger partial charge in [0.15, 0.2) is 11.9 Å². The van der Waals surface area contributed by atoms with Crippen molar-refractivity contribution in [1.29, 1.82) is 0 Å². The summed E-state index contributed by atoms with van der Waals surface area (Å²) in [6, 6.07) is 0. The van der Waals surface area contributed by atoms with Crippen LogP contribution in [0.2, 0.25) is 0 Å². The molecule has 0 radical (unpaired) electrons. The Bertz CT molecular complexity index is 868. The summed E-state index contributed by atoms with van der Waals surface area (Å²) < 4.78 is 0. The average Bonchev–Trinajstić information content (AvgIpc) is 3.19. The fourth-order valence-electron chi connectivity index (χ4n) is 9.83. The fraction of sp³-hybridized carbons (Fsp3) is 0.903. The van der Waals surface area contributed by atoms with Crippen LogP contribution in [0.15, 0.2) is 11.6 Å². The third-order valence-corrected chi connectivity index (χ3v) is 12.0. The average molecular weight is 521 g/mol. The zero-order valence-electron chi connectivity index (χ0n) is 23.7. The van der Waals surface area contributed by atoms with Gasteiger partial charge in [-0.05, 0) is 97.7 Å². The molecule has 37 heavy (non-hydrogen) atoms. The third kappa shape index (κ3) is 4.83. The zero-order chi connectivity index (χ0) is 27.3. The maximum absolute atomic E-state index is 12.0. The van der Waals surface area contributed by atoms with Crippen LogP contribution in [0.5, 0.6) is 0 Å². The van der Waals surface area contributed by atoms with Crippen molar-refractivity contribution in [2.24, 2.45) is 52.3 Å². The lowest BCUT2D eigenvalue weighted by atomic mass is 9.46. The number of hydrogen-bond donors (Lipinski definition) is 5. The van der Waals surface area contributed by atoms with Gasteiger partial charge in [-0.3, -0.25) is 0 Å². The first-order chi connectivity index (χ1) is 17.3. The second-order valence-electron chi connectivity index (χ2n) is 14.2. The van der Waals surface area contributed by atoms with Crippen LogP contribution in [0, 0.1) is 52.3 Å². The minimum absolute atomic E-state index is 0.0239. The lowest BCUT2D eigenvalue weighted by Crippen LogP contribution is -2.61. The Morgan fingerprint density at radius 1 is 1.03 bits per heavy atom. The number of rotatable bonds is 9. The lowest BCUT2D eigenvalue weighted by Gasteiger charge is -2.59. The summed E-state index contributed by atoms with van der Waals surface area (Å²) in [4.78, 5) is 12.0. The van der Waals surface area contributed by atoms with E-state index in [-0.39, 0.29) is 5.41 Å². The van der Waals surface area contributed by atoms with Crippen molar-refractivity contribution >= 4 is 5.97 Å². The van der Waals surface area contributed by atoms with E-state index < -0.39 is 29.9 Å². The molecule has 4 rings (SSSR count). The number of carboxylic acids is 1. The molecule has 0 amide bonds. The van der Waals surface area contributed by atoms with E-state index in [1.54, 1.807) is 0 Å². The van der Waals surface area contributed by atoms with Crippen LogP contribution in [0.3, 0.4) is 0 Å². The standard InChI is InChI=1S/C31H52O6/c1-18(2)7-6-8-19(3)23-11-12-24-22-10-9-20-17-21(31(37,28(35)36)26(32)27(33)34)13-15-29(20,4)25(22)14-16-30(23,24)5/h9,18-19,21-27,32-34,37H,6-8,10-17H2,1-5H3,(H,35,36)/t19-,21+,22?,23-,24?,25?,26-,29+,30-,31+/m1/s1. The van der Waals surface area contributed by atoms with Gasteiger partial charge in [0.05, 0.1) is 0 Å². The maximum Gasteiger partial charge on any atom is 0.338 e. The molecule has 4 aliphatic rings. The van der Waals surface area contributed by atoms with Gasteiger partial charge in [-0.15, -0.1) is 0 Å². The number of carboxylic acid groups (broad SMARTS) is 1. The summed E-state index contributed by atoms with van der Waals surface area (Å²) >= 11 is 0. The number of fused-ring (bicyclic) bond motifs is 5. The molecule has 5 N–H and O–H groups in total. The highest BCUT2D eigenvalue weighted by atomic mass is 16.5. The third-order valence-electron chi connectivity index (χ3n) is 12.0. The van der Waals surface area contributed by atoms with Crippen molar-refractivity contribution < 1.29 is 30.3 Å². The molecule has 0 saturated heterocycles. The summed E-state index contributed by atoms with van der Waals surface area (Å²) in [5.41, 5.74) is -1.00. The second-order valence-corrected chi connectivity index (χ2v) is 14.2. The van der Waals surface area contributed by atoms with E-state index >= 15 is 0 Å². The van der Waals surface area contributed by atoms with Gasteiger partial charge in [0.1, 0.15) is 6.10 Å². The topological polar surface area (TPSA) is 118 Å². The highest BCUT2D eigenvalue weighted by molar-refractivity contribution is 5.78. The molecule has 212 valence electrons. The molecule has 3 saturated carbocycles. The molecular weight excluding hydrogens is 468 g/mol. The van der Waals surface area contributed by atoms with Gasteiger partial charge in [-0.2, -0.15) is 0 Å². The molecule has 0 aromatic rings. The molecular formula is C31H52O6. The lowest BCUT2D eigenvalue weighted by molar-refractivity contribution is -0.226. The molecule has 0 heterocycles. The van der Waals surface area contributed by atoms with Gasteiger partial charge in [-0.25, -0.2) is 4.79 Å². The van der Waals surface area contributed by atoms with Gasteiger partial charge >= 0.3 is 5.97 Å². The minimum Gasteiger partial charge on any atom is -0.479 e. The number of allylic oxidation sites excluding steroid dienone is 2. The summed E-state index contributed by atoms with van der Waals surface area (Å²) in [6.45, 7) is 12.0. The molecule has 3 fully saturated rings. The molecule has 6 nitrogen and oxygen atoms in total. The van der Waals surface area contributed by atoms with Gasteiger partial charge in [0.25, 0.3) is 0 Å². The Hall–Kier alpha value is -0.950. The molecule has 4 aliphatic carbocycles. The molecule has 0 aromatic heterocycles. The van der Waals surface area contributed by atoms with Gasteiger partial charge in [0.2, 0.25) is 0 Å². The van der Waals surface area contributed by atoms with Crippen molar-refractivity contribution in [1.82, 2.24) is 0 Å². The number of aliphatic hydroxyl groups is 4. The van der Waals surface area contributed by atoms with E-state index in [1.807, 2.05) is 0 Å². The second kappa shape index (κ2) is 10.6. The molecule has 0 aliphatic heterocycles. The Balaban J connectivity index is 1.51. The molecule has 0 aromatic carbocycles. The molecule has 0 spiro atoms. The van der Waals surface area contributed by atoms with Crippen molar-refractivity contribution in [3.8, 4) is 0 Å². The van der Waals surface area contributed by atoms with Crippen molar-refractivity contribution in [2.75, 3.05) is 0 Å². The number of carbonyl (C=O) groups is 1. The van der Waals surface area contributed by atoms with Gasteiger partial charge in [-0.1, -0.05) is 65.5 Å². The monoisotopic (exact) mass is 520 g/mol. The Morgan fingerprint density at radius 3 is 2.35 bits per heavy atom. The highest BCUT2D eigenvalue weighted by Gasteiger charge is 2.61. The van der Waals surface area contributed by atoms with E-state index in [1.165, 1.54) is 50.5 Å². The van der Waals surface area contributed by atoms with Crippen LogP contribution in [-0.4, -0.2) is 49.5 Å². The molecule has 10 atom stereocenters. The maximum atomic E-state index is 12.0. The SMILES string of the molecule is CC(C)CCC[C@@H](C)[C@H]1CCC2C3CC=C4C[C@@H]([C@@](O)(C(=O)O)[C@H](O)C(O)O)CC[C@]4(C)C3CC[C@@]21C. The Kier molecular flexibility index (Phi) is 8.28. The first kappa shape index (κ1) is 29.0. The minimum atomic E-state index is -2.58. The van der Waals surface area contributed by atoms with Crippen LogP contribution in [0.4, 0.5) is 0 Å². The Labute approximate surface area is 223 Å². The van der Waals surface area contributed by atoms with E-state index in [4.69, 9.17) is 0 Å². The fourth-order valence-corrected chi connectivity index (χ4v) is 9.83. The predicted molar refractivity (Wildman–Crippen MR) is 143 cm³/mol. The van der Waals surface area contributed by atoms with E-state index in [0.717, 1.165) is 36.5 Å². The van der Waals surface area contributed by atoms with Crippen molar-refractivity contribution in [3.05, 3.63) is 11.6 Å². The number of aliphatic hydroxyl groups excluding tert-OH is 2. The molecule has 3 unspecified atom stereocenters. The molecule has 0 bridgehead atoms. The van der Waals surface area contributed by atoms with Gasteiger partial charge in [0, 0.05) is 5.92 Å². The number of hydrogen-bond acceptors (Lipinski definition) is 5. The Morgan fingerprint density at radius 2 is 1.73 bits per heavy atom. The summed E-state index contributed by atoms with van der Waals surface area (Å²) in [6.07, 6.45) is 9.57. The molecule has 6 heteroatoms. The quantitative estimate of drug-likeness (QED) is 0.212. The summed E-state index contributed by atoms with van der Waals surface area (Å²) in [7, 11) is 0. The normalized spacial score (nSPS) is 40.8. The van der Waals surface area contributed by atoms with Crippen LogP contribution in [-0.2, 0) is 4.79 Å². The van der Waals surface area contributed by atoms with E-state index in [2.05, 4.69) is 40.7 Å². The van der Waals surface area contributed by atoms with Crippen LogP contribution < -0.4 is 0 Å². The van der Waals surface area contributed by atoms with Crippen molar-refractivity contribution in [2.45, 2.75) is 123 Å². The zero-order valence-corrected chi connectivity index (χ0v) is 23.7. The van der Waals surface area contributed by atoms with E-state index in [9.17, 15) is 30.3 Å². The van der Waals surface area contributed by atoms with Crippen molar-refractivity contribution in [3.63, 3.8) is 0 Å². The largest absolute Gasteiger partial charge is 0.479 e. The van der Waals surface area contributed by atoms with Crippen LogP contribution in [0.25, 0.3) is 0 Å². The first-order valence-electron chi connectivity index (χ1n) is 15.0. The smallest absolute Gasteiger partial charge is 0.338 e. The van der Waals surface area contributed by atoms with E-state index in [0.29, 0.717) is 30.1 Å².